The second kappa shape index (κ2) is 6.24. The average Bonchev–Trinajstić information content (AvgIpc) is 2.52. The van der Waals surface area contributed by atoms with Gasteiger partial charge in [-0.2, -0.15) is 0 Å². The molecule has 0 heteroatoms. The van der Waals surface area contributed by atoms with Crippen molar-refractivity contribution in [2.45, 2.75) is 66.2 Å². The lowest BCUT2D eigenvalue weighted by atomic mass is 9.86. The summed E-state index contributed by atoms with van der Waals surface area (Å²) in [7, 11) is 0. The van der Waals surface area contributed by atoms with Gasteiger partial charge < -0.3 is 0 Å². The number of benzene rings is 3. The Kier molecular flexibility index (Phi) is 4.42. The van der Waals surface area contributed by atoms with Crippen molar-refractivity contribution in [1.82, 2.24) is 0 Å². The fourth-order valence-corrected chi connectivity index (χ4v) is 3.95. The molecule has 0 bridgehead atoms. The first-order valence-corrected chi connectivity index (χ1v) is 9.30. The molecule has 0 unspecified atom stereocenters. The van der Waals surface area contributed by atoms with Crippen LogP contribution in [0.3, 0.4) is 0 Å². The molecule has 0 heterocycles. The van der Waals surface area contributed by atoms with Crippen LogP contribution in [-0.4, -0.2) is 0 Å². The van der Waals surface area contributed by atoms with Gasteiger partial charge in [-0.15, -0.1) is 0 Å². The molecule has 0 atom stereocenters. The molecular weight excluding hydrogens is 288 g/mol. The summed E-state index contributed by atoms with van der Waals surface area (Å²) in [6.07, 6.45) is 0. The third-order valence-electron chi connectivity index (χ3n) is 5.36. The van der Waals surface area contributed by atoms with Crippen LogP contribution in [0.25, 0.3) is 21.5 Å². The minimum Gasteiger partial charge on any atom is -0.0587 e. The molecule has 0 amide bonds. The molecule has 3 aromatic rings. The molecule has 0 fully saturated rings. The lowest BCUT2D eigenvalue weighted by Crippen LogP contribution is -1.99. The van der Waals surface area contributed by atoms with Gasteiger partial charge in [-0.25, -0.2) is 0 Å². The van der Waals surface area contributed by atoms with Gasteiger partial charge in [0.05, 0.1) is 0 Å². The number of hydrogen-bond donors (Lipinski definition) is 0. The molecule has 0 spiro atoms. The van der Waals surface area contributed by atoms with Crippen molar-refractivity contribution in [1.29, 1.82) is 0 Å². The smallest absolute Gasteiger partial charge is 0.0145 e. The highest BCUT2D eigenvalue weighted by atomic mass is 14.2. The van der Waals surface area contributed by atoms with Gasteiger partial charge in [-0.3, -0.25) is 0 Å². The minimum absolute atomic E-state index is 0.561. The van der Waals surface area contributed by atoms with Crippen LogP contribution in [-0.2, 0) is 0 Å². The fraction of sp³-hybridized carbons (Fsp3) is 0.417. The molecular formula is C24H30. The Morgan fingerprint density at radius 3 is 1.54 bits per heavy atom. The molecule has 126 valence electrons. The molecule has 3 aromatic carbocycles. The van der Waals surface area contributed by atoms with Gasteiger partial charge in [0.25, 0.3) is 0 Å². The van der Waals surface area contributed by atoms with Crippen LogP contribution >= 0.6 is 0 Å². The number of hydrogen-bond acceptors (Lipinski definition) is 0. The molecule has 0 aliphatic carbocycles. The highest BCUT2D eigenvalue weighted by molar-refractivity contribution is 6.00. The van der Waals surface area contributed by atoms with Crippen LogP contribution in [0.15, 0.2) is 36.4 Å². The Hall–Kier alpha value is -1.82. The zero-order valence-corrected chi connectivity index (χ0v) is 16.2. The summed E-state index contributed by atoms with van der Waals surface area (Å²) in [5.74, 6) is 1.69. The normalized spacial score (nSPS) is 12.2. The molecule has 0 aliphatic heterocycles. The zero-order valence-electron chi connectivity index (χ0n) is 16.2. The summed E-state index contributed by atoms with van der Waals surface area (Å²) in [4.78, 5) is 0. The van der Waals surface area contributed by atoms with E-state index in [2.05, 4.69) is 84.9 Å². The molecule has 0 saturated heterocycles. The summed E-state index contributed by atoms with van der Waals surface area (Å²) >= 11 is 0. The summed E-state index contributed by atoms with van der Waals surface area (Å²) in [6, 6.07) is 14.2. The van der Waals surface area contributed by atoms with E-state index >= 15 is 0 Å². The standard InChI is InChI=1S/C24H30/c1-14(2)21-9-8-18-10-19-11-22(15(3)4)23(16(5)6)12-20(19)13-24(18)17(21)7/h8-16H,1-7H3. The van der Waals surface area contributed by atoms with Crippen molar-refractivity contribution in [3.8, 4) is 0 Å². The number of aryl methyl sites for hydroxylation is 1. The van der Waals surface area contributed by atoms with Crippen LogP contribution in [0.5, 0.6) is 0 Å². The molecule has 0 N–H and O–H groups in total. The van der Waals surface area contributed by atoms with Crippen LogP contribution in [0.1, 0.15) is 81.5 Å². The van der Waals surface area contributed by atoms with Gasteiger partial charge in [0.15, 0.2) is 0 Å². The highest BCUT2D eigenvalue weighted by Crippen LogP contribution is 2.35. The van der Waals surface area contributed by atoms with Crippen LogP contribution in [0, 0.1) is 6.92 Å². The summed E-state index contributed by atoms with van der Waals surface area (Å²) < 4.78 is 0. The van der Waals surface area contributed by atoms with E-state index in [1.54, 1.807) is 0 Å². The topological polar surface area (TPSA) is 0 Å². The summed E-state index contributed by atoms with van der Waals surface area (Å²) in [5.41, 5.74) is 5.88. The molecule has 0 radical (unpaired) electrons. The van der Waals surface area contributed by atoms with E-state index in [4.69, 9.17) is 0 Å². The van der Waals surface area contributed by atoms with Crippen molar-refractivity contribution in [2.75, 3.05) is 0 Å². The molecule has 24 heavy (non-hydrogen) atoms. The Bertz CT molecular complexity index is 895. The second-order valence-electron chi connectivity index (χ2n) is 8.15. The van der Waals surface area contributed by atoms with Crippen molar-refractivity contribution in [3.63, 3.8) is 0 Å². The Balaban J connectivity index is 2.34. The van der Waals surface area contributed by atoms with E-state index in [0.29, 0.717) is 17.8 Å². The van der Waals surface area contributed by atoms with Gasteiger partial charge in [-0.1, -0.05) is 65.8 Å². The van der Waals surface area contributed by atoms with Crippen LogP contribution in [0.2, 0.25) is 0 Å². The maximum Gasteiger partial charge on any atom is -0.0145 e. The lowest BCUT2D eigenvalue weighted by Gasteiger charge is -2.19. The summed E-state index contributed by atoms with van der Waals surface area (Å²) in [6.45, 7) is 16.0. The zero-order chi connectivity index (χ0) is 17.6. The first-order chi connectivity index (χ1) is 11.3. The van der Waals surface area contributed by atoms with Crippen molar-refractivity contribution in [2.24, 2.45) is 0 Å². The van der Waals surface area contributed by atoms with Gasteiger partial charge in [0, 0.05) is 0 Å². The third-order valence-corrected chi connectivity index (χ3v) is 5.36. The van der Waals surface area contributed by atoms with E-state index in [1.165, 1.54) is 43.8 Å². The van der Waals surface area contributed by atoms with E-state index in [9.17, 15) is 0 Å². The van der Waals surface area contributed by atoms with Gasteiger partial charge >= 0.3 is 0 Å². The Morgan fingerprint density at radius 2 is 1.04 bits per heavy atom. The SMILES string of the molecule is Cc1c(C(C)C)ccc2cc3cc(C(C)C)c(C(C)C)cc3cc12. The molecule has 0 aliphatic rings. The number of rotatable bonds is 3. The first-order valence-electron chi connectivity index (χ1n) is 9.30. The highest BCUT2D eigenvalue weighted by Gasteiger charge is 2.13. The maximum atomic E-state index is 2.43. The van der Waals surface area contributed by atoms with E-state index < -0.39 is 0 Å². The van der Waals surface area contributed by atoms with E-state index in [1.807, 2.05) is 0 Å². The lowest BCUT2D eigenvalue weighted by molar-refractivity contribution is 0.793. The maximum absolute atomic E-state index is 2.43. The summed E-state index contributed by atoms with van der Waals surface area (Å²) in [5, 5.41) is 5.50. The van der Waals surface area contributed by atoms with E-state index in [0.717, 1.165) is 0 Å². The first kappa shape index (κ1) is 17.0. The minimum atomic E-state index is 0.561. The molecule has 0 saturated carbocycles. The van der Waals surface area contributed by atoms with Crippen LogP contribution < -0.4 is 0 Å². The van der Waals surface area contributed by atoms with Crippen molar-refractivity contribution >= 4 is 21.5 Å². The van der Waals surface area contributed by atoms with E-state index in [-0.39, 0.29) is 0 Å². The molecule has 0 aromatic heterocycles. The van der Waals surface area contributed by atoms with Crippen LogP contribution in [0.4, 0.5) is 0 Å². The Labute approximate surface area is 146 Å². The van der Waals surface area contributed by atoms with Gasteiger partial charge in [0.2, 0.25) is 0 Å². The van der Waals surface area contributed by atoms with Gasteiger partial charge in [0.1, 0.15) is 0 Å². The largest absolute Gasteiger partial charge is 0.0587 e. The van der Waals surface area contributed by atoms with Gasteiger partial charge in [-0.05, 0) is 80.6 Å². The monoisotopic (exact) mass is 318 g/mol. The Morgan fingerprint density at radius 1 is 0.542 bits per heavy atom. The quantitative estimate of drug-likeness (QED) is 0.434. The molecule has 3 rings (SSSR count). The predicted molar refractivity (Wildman–Crippen MR) is 108 cm³/mol. The van der Waals surface area contributed by atoms with Crippen molar-refractivity contribution in [3.05, 3.63) is 58.7 Å². The van der Waals surface area contributed by atoms with Crippen molar-refractivity contribution < 1.29 is 0 Å². The second-order valence-corrected chi connectivity index (χ2v) is 8.15. The fourth-order valence-electron chi connectivity index (χ4n) is 3.95. The predicted octanol–water partition coefficient (Wildman–Crippen LogP) is 7.67. The average molecular weight is 319 g/mol. The number of fused-ring (bicyclic) bond motifs is 2. The molecule has 0 nitrogen and oxygen atoms in total. The third kappa shape index (κ3) is 2.83.